The predicted octanol–water partition coefficient (Wildman–Crippen LogP) is 3.61. The summed E-state index contributed by atoms with van der Waals surface area (Å²) < 4.78 is 0. The van der Waals surface area contributed by atoms with Crippen LogP contribution in [0.1, 0.15) is 12.0 Å². The van der Waals surface area contributed by atoms with Crippen LogP contribution in [0.15, 0.2) is 59.6 Å². The van der Waals surface area contributed by atoms with E-state index < -0.39 is 11.2 Å². The first-order valence-electron chi connectivity index (χ1n) is 7.48. The number of carboxylic acids is 1. The van der Waals surface area contributed by atoms with Gasteiger partial charge in [-0.2, -0.15) is 0 Å². The average Bonchev–Trinajstić information content (AvgIpc) is 2.85. The summed E-state index contributed by atoms with van der Waals surface area (Å²) in [7, 11) is 0. The lowest BCUT2D eigenvalue weighted by Gasteiger charge is -2.16. The van der Waals surface area contributed by atoms with Gasteiger partial charge >= 0.3 is 5.97 Å². The summed E-state index contributed by atoms with van der Waals surface area (Å²) in [5.74, 6) is -1.24. The fourth-order valence-electron chi connectivity index (χ4n) is 2.44. The van der Waals surface area contributed by atoms with Gasteiger partial charge < -0.3 is 5.11 Å². The van der Waals surface area contributed by atoms with Crippen LogP contribution < -0.4 is 4.90 Å². The number of para-hydroxylation sites is 2. The third-order valence-electron chi connectivity index (χ3n) is 3.64. The molecule has 2 aromatic carbocycles. The second-order valence-electron chi connectivity index (χ2n) is 5.39. The molecule has 6 heteroatoms. The first kappa shape index (κ1) is 16.3. The standard InChI is InChI=1S/C18H16N2O3S/c1-12-7-5-6-10-14(12)19-18-20(13-8-3-2-4-9-13)17(23)15(24-18)11-16(21)22/h2-10,15H,11H2,1H3,(H,21,22). The smallest absolute Gasteiger partial charge is 0.305 e. The lowest BCUT2D eigenvalue weighted by Crippen LogP contribution is -2.32. The zero-order valence-electron chi connectivity index (χ0n) is 13.0. The monoisotopic (exact) mass is 340 g/mol. The molecule has 1 unspecified atom stereocenters. The first-order chi connectivity index (χ1) is 11.6. The van der Waals surface area contributed by atoms with E-state index in [0.29, 0.717) is 10.9 Å². The normalized spacial score (nSPS) is 19.0. The highest BCUT2D eigenvalue weighted by Gasteiger charge is 2.40. The maximum atomic E-state index is 12.7. The molecular weight excluding hydrogens is 324 g/mol. The maximum Gasteiger partial charge on any atom is 0.305 e. The Morgan fingerprint density at radius 1 is 1.17 bits per heavy atom. The number of carbonyl (C=O) groups is 2. The number of amides is 1. The largest absolute Gasteiger partial charge is 0.481 e. The molecule has 1 atom stereocenters. The van der Waals surface area contributed by atoms with Crippen molar-refractivity contribution in [2.75, 3.05) is 4.90 Å². The maximum absolute atomic E-state index is 12.7. The van der Waals surface area contributed by atoms with Gasteiger partial charge in [0, 0.05) is 0 Å². The molecule has 0 bridgehead atoms. The van der Waals surface area contributed by atoms with Gasteiger partial charge in [0.1, 0.15) is 5.25 Å². The van der Waals surface area contributed by atoms with Gasteiger partial charge in [-0.1, -0.05) is 48.2 Å². The molecule has 122 valence electrons. The molecule has 1 saturated heterocycles. The third kappa shape index (κ3) is 3.33. The number of aliphatic imine (C=N–C) groups is 1. The fraction of sp³-hybridized carbons (Fsp3) is 0.167. The van der Waals surface area contributed by atoms with Crippen LogP contribution in [0, 0.1) is 6.92 Å². The van der Waals surface area contributed by atoms with Gasteiger partial charge in [-0.05, 0) is 30.7 Å². The molecule has 0 aromatic heterocycles. The van der Waals surface area contributed by atoms with Crippen molar-refractivity contribution in [3.05, 3.63) is 60.2 Å². The van der Waals surface area contributed by atoms with Crippen molar-refractivity contribution in [3.8, 4) is 0 Å². The number of amidine groups is 1. The molecule has 0 spiro atoms. The van der Waals surface area contributed by atoms with Crippen LogP contribution in [-0.2, 0) is 9.59 Å². The number of benzene rings is 2. The van der Waals surface area contributed by atoms with Crippen LogP contribution in [0.4, 0.5) is 11.4 Å². The minimum Gasteiger partial charge on any atom is -0.481 e. The number of hydrogen-bond acceptors (Lipinski definition) is 4. The van der Waals surface area contributed by atoms with E-state index in [9.17, 15) is 9.59 Å². The van der Waals surface area contributed by atoms with E-state index in [1.165, 1.54) is 16.7 Å². The number of carbonyl (C=O) groups excluding carboxylic acids is 1. The minimum atomic E-state index is -0.994. The summed E-state index contributed by atoms with van der Waals surface area (Å²) in [5.41, 5.74) is 2.45. The van der Waals surface area contributed by atoms with E-state index in [-0.39, 0.29) is 12.3 Å². The lowest BCUT2D eigenvalue weighted by molar-refractivity contribution is -0.138. The zero-order chi connectivity index (χ0) is 17.1. The Morgan fingerprint density at radius 3 is 2.50 bits per heavy atom. The van der Waals surface area contributed by atoms with E-state index in [1.54, 1.807) is 0 Å². The minimum absolute atomic E-state index is 0.223. The van der Waals surface area contributed by atoms with Crippen molar-refractivity contribution in [2.24, 2.45) is 4.99 Å². The van der Waals surface area contributed by atoms with Crippen molar-refractivity contribution < 1.29 is 14.7 Å². The molecule has 1 aliphatic heterocycles. The van der Waals surface area contributed by atoms with E-state index in [1.807, 2.05) is 61.5 Å². The number of hydrogen-bond donors (Lipinski definition) is 1. The molecule has 1 amide bonds. The summed E-state index contributed by atoms with van der Waals surface area (Å²) in [6, 6.07) is 16.8. The van der Waals surface area contributed by atoms with Gasteiger partial charge in [0.15, 0.2) is 5.17 Å². The molecule has 1 heterocycles. The zero-order valence-corrected chi connectivity index (χ0v) is 13.9. The Balaban J connectivity index is 2.03. The number of aliphatic carboxylic acids is 1. The summed E-state index contributed by atoms with van der Waals surface area (Å²) in [6.45, 7) is 1.95. The summed E-state index contributed by atoms with van der Waals surface area (Å²) in [6.07, 6.45) is -0.223. The highest BCUT2D eigenvalue weighted by molar-refractivity contribution is 8.16. The third-order valence-corrected chi connectivity index (χ3v) is 4.78. The first-order valence-corrected chi connectivity index (χ1v) is 8.36. The van der Waals surface area contributed by atoms with Crippen LogP contribution in [0.3, 0.4) is 0 Å². The van der Waals surface area contributed by atoms with Crippen molar-refractivity contribution in [1.29, 1.82) is 0 Å². The van der Waals surface area contributed by atoms with Crippen LogP contribution in [-0.4, -0.2) is 27.4 Å². The van der Waals surface area contributed by atoms with Crippen molar-refractivity contribution >= 4 is 40.2 Å². The van der Waals surface area contributed by atoms with Crippen LogP contribution in [0.25, 0.3) is 0 Å². The second kappa shape index (κ2) is 6.88. The van der Waals surface area contributed by atoms with E-state index in [4.69, 9.17) is 5.11 Å². The number of rotatable bonds is 4. The molecule has 0 radical (unpaired) electrons. The van der Waals surface area contributed by atoms with E-state index in [2.05, 4.69) is 4.99 Å². The van der Waals surface area contributed by atoms with Crippen molar-refractivity contribution in [1.82, 2.24) is 0 Å². The Kier molecular flexibility index (Phi) is 4.66. The van der Waals surface area contributed by atoms with Crippen molar-refractivity contribution in [2.45, 2.75) is 18.6 Å². The van der Waals surface area contributed by atoms with Gasteiger partial charge in [-0.15, -0.1) is 0 Å². The van der Waals surface area contributed by atoms with Gasteiger partial charge in [0.05, 0.1) is 17.8 Å². The Labute approximate surface area is 144 Å². The van der Waals surface area contributed by atoms with Gasteiger partial charge in [0.25, 0.3) is 0 Å². The van der Waals surface area contributed by atoms with Crippen molar-refractivity contribution in [3.63, 3.8) is 0 Å². The highest BCUT2D eigenvalue weighted by atomic mass is 32.2. The highest BCUT2D eigenvalue weighted by Crippen LogP contribution is 2.35. The van der Waals surface area contributed by atoms with Gasteiger partial charge in [-0.25, -0.2) is 4.99 Å². The van der Waals surface area contributed by atoms with Crippen LogP contribution in [0.5, 0.6) is 0 Å². The van der Waals surface area contributed by atoms with E-state index in [0.717, 1.165) is 11.3 Å². The Morgan fingerprint density at radius 2 is 1.83 bits per heavy atom. The van der Waals surface area contributed by atoms with Crippen LogP contribution in [0.2, 0.25) is 0 Å². The van der Waals surface area contributed by atoms with Gasteiger partial charge in [-0.3, -0.25) is 14.5 Å². The fourth-order valence-corrected chi connectivity index (χ4v) is 3.58. The summed E-state index contributed by atoms with van der Waals surface area (Å²) in [5, 5.41) is 8.89. The molecule has 0 aliphatic carbocycles. The molecular formula is C18H16N2O3S. The molecule has 2 aromatic rings. The molecule has 1 aliphatic rings. The second-order valence-corrected chi connectivity index (χ2v) is 6.56. The molecule has 5 nitrogen and oxygen atoms in total. The Bertz CT molecular complexity index is 805. The summed E-state index contributed by atoms with van der Waals surface area (Å²) in [4.78, 5) is 29.8. The SMILES string of the molecule is Cc1ccccc1N=C1SC(CC(=O)O)C(=O)N1c1ccccc1. The predicted molar refractivity (Wildman–Crippen MR) is 95.8 cm³/mol. The number of aryl methyl sites for hydroxylation is 1. The number of carboxylic acid groups (broad SMARTS) is 1. The number of anilines is 1. The molecule has 24 heavy (non-hydrogen) atoms. The van der Waals surface area contributed by atoms with Gasteiger partial charge in [0.2, 0.25) is 5.91 Å². The topological polar surface area (TPSA) is 70.0 Å². The molecule has 3 rings (SSSR count). The number of thioether (sulfide) groups is 1. The quantitative estimate of drug-likeness (QED) is 0.923. The average molecular weight is 340 g/mol. The molecule has 0 saturated carbocycles. The van der Waals surface area contributed by atoms with Crippen LogP contribution >= 0.6 is 11.8 Å². The lowest BCUT2D eigenvalue weighted by atomic mass is 10.2. The van der Waals surface area contributed by atoms with E-state index >= 15 is 0 Å². The molecule has 1 fully saturated rings. The molecule has 1 N–H and O–H groups in total. The summed E-state index contributed by atoms with van der Waals surface area (Å²) >= 11 is 1.20. The Hall–Kier alpha value is -2.60. The number of nitrogens with zero attached hydrogens (tertiary/aromatic N) is 2.